The fourth-order valence-corrected chi connectivity index (χ4v) is 2.29. The highest BCUT2D eigenvalue weighted by atomic mass is 35.5. The largest absolute Gasteiger partial charge is 0.481 e. The van der Waals surface area contributed by atoms with Crippen LogP contribution in [0.15, 0.2) is 35.8 Å². The lowest BCUT2D eigenvalue weighted by Gasteiger charge is -2.24. The summed E-state index contributed by atoms with van der Waals surface area (Å²) in [5.41, 5.74) is 1.01. The van der Waals surface area contributed by atoms with Crippen molar-refractivity contribution in [3.63, 3.8) is 0 Å². The number of hydrogen-bond donors (Lipinski definition) is 0. The molecule has 0 radical (unpaired) electrons. The quantitative estimate of drug-likeness (QED) is 0.772. The first kappa shape index (κ1) is 13.9. The van der Waals surface area contributed by atoms with Crippen LogP contribution in [0.3, 0.4) is 0 Å². The first-order valence-corrected chi connectivity index (χ1v) is 6.79. The van der Waals surface area contributed by atoms with E-state index in [1.165, 1.54) is 0 Å². The van der Waals surface area contributed by atoms with E-state index in [1.54, 1.807) is 0 Å². The Balaban J connectivity index is 2.21. The van der Waals surface area contributed by atoms with E-state index < -0.39 is 0 Å². The van der Waals surface area contributed by atoms with Gasteiger partial charge in [-0.1, -0.05) is 29.8 Å². The number of hydrogen-bond acceptors (Lipinski definition) is 3. The van der Waals surface area contributed by atoms with Crippen molar-refractivity contribution in [2.45, 2.75) is 19.4 Å². The SMILES string of the molecule is C=CCC(Oc1cccc(C)c1Cl)C1=NCCN1C. The maximum absolute atomic E-state index is 6.28. The molecule has 0 bridgehead atoms. The van der Waals surface area contributed by atoms with E-state index in [2.05, 4.69) is 16.5 Å². The van der Waals surface area contributed by atoms with Crippen molar-refractivity contribution in [2.75, 3.05) is 20.1 Å². The lowest BCUT2D eigenvalue weighted by atomic mass is 10.2. The van der Waals surface area contributed by atoms with E-state index in [-0.39, 0.29) is 6.10 Å². The Labute approximate surface area is 119 Å². The number of ether oxygens (including phenoxy) is 1. The van der Waals surface area contributed by atoms with Crippen LogP contribution >= 0.6 is 11.6 Å². The van der Waals surface area contributed by atoms with Crippen LogP contribution in [0, 0.1) is 6.92 Å². The van der Waals surface area contributed by atoms with E-state index in [9.17, 15) is 0 Å². The highest BCUT2D eigenvalue weighted by Gasteiger charge is 2.24. The number of aryl methyl sites for hydroxylation is 1. The fourth-order valence-electron chi connectivity index (χ4n) is 2.12. The topological polar surface area (TPSA) is 24.8 Å². The molecule has 0 amide bonds. The third-order valence-corrected chi connectivity index (χ3v) is 3.68. The minimum atomic E-state index is -0.121. The van der Waals surface area contributed by atoms with Gasteiger partial charge in [0.15, 0.2) is 6.10 Å². The molecule has 19 heavy (non-hydrogen) atoms. The van der Waals surface area contributed by atoms with E-state index in [0.29, 0.717) is 17.2 Å². The molecule has 0 saturated carbocycles. The van der Waals surface area contributed by atoms with E-state index in [4.69, 9.17) is 16.3 Å². The second-order valence-corrected chi connectivity index (χ2v) is 5.06. The summed E-state index contributed by atoms with van der Waals surface area (Å²) in [5, 5.41) is 0.665. The Kier molecular flexibility index (Phi) is 4.48. The number of nitrogens with zero attached hydrogens (tertiary/aromatic N) is 2. The smallest absolute Gasteiger partial charge is 0.159 e. The Morgan fingerprint density at radius 2 is 2.37 bits per heavy atom. The fraction of sp³-hybridized carbons (Fsp3) is 0.400. The molecule has 0 N–H and O–H groups in total. The predicted octanol–water partition coefficient (Wildman–Crippen LogP) is 3.32. The van der Waals surface area contributed by atoms with Crippen LogP contribution in [-0.2, 0) is 0 Å². The second kappa shape index (κ2) is 6.11. The number of amidine groups is 1. The average molecular weight is 279 g/mol. The molecule has 0 aromatic heterocycles. The molecular formula is C15H19ClN2O. The Morgan fingerprint density at radius 1 is 1.58 bits per heavy atom. The van der Waals surface area contributed by atoms with E-state index >= 15 is 0 Å². The van der Waals surface area contributed by atoms with Crippen LogP contribution in [0.1, 0.15) is 12.0 Å². The van der Waals surface area contributed by atoms with Crippen LogP contribution in [0.5, 0.6) is 5.75 Å². The van der Waals surface area contributed by atoms with Crippen molar-refractivity contribution < 1.29 is 4.74 Å². The number of aliphatic imine (C=N–C) groups is 1. The van der Waals surface area contributed by atoms with Crippen LogP contribution in [-0.4, -0.2) is 37.0 Å². The molecule has 102 valence electrons. The van der Waals surface area contributed by atoms with Gasteiger partial charge in [0, 0.05) is 20.0 Å². The van der Waals surface area contributed by atoms with Gasteiger partial charge in [0.25, 0.3) is 0 Å². The Hall–Kier alpha value is -1.48. The monoisotopic (exact) mass is 278 g/mol. The van der Waals surface area contributed by atoms with Crippen molar-refractivity contribution in [2.24, 2.45) is 4.99 Å². The first-order valence-electron chi connectivity index (χ1n) is 6.41. The molecule has 1 aromatic carbocycles. The molecule has 1 unspecified atom stereocenters. The maximum Gasteiger partial charge on any atom is 0.159 e. The van der Waals surface area contributed by atoms with Gasteiger partial charge in [-0.15, -0.1) is 6.58 Å². The van der Waals surface area contributed by atoms with Crippen LogP contribution in [0.25, 0.3) is 0 Å². The predicted molar refractivity (Wildman–Crippen MR) is 80.4 cm³/mol. The van der Waals surface area contributed by atoms with Gasteiger partial charge in [0.2, 0.25) is 0 Å². The minimum absolute atomic E-state index is 0.121. The Morgan fingerprint density at radius 3 is 3.00 bits per heavy atom. The highest BCUT2D eigenvalue weighted by Crippen LogP contribution is 2.29. The second-order valence-electron chi connectivity index (χ2n) is 4.68. The molecule has 0 saturated heterocycles. The first-order chi connectivity index (χ1) is 9.13. The lowest BCUT2D eigenvalue weighted by molar-refractivity contribution is 0.256. The van der Waals surface area contributed by atoms with Crippen molar-refractivity contribution >= 4 is 17.4 Å². The molecule has 0 spiro atoms. The van der Waals surface area contributed by atoms with Crippen molar-refractivity contribution in [1.29, 1.82) is 0 Å². The number of rotatable bonds is 5. The molecule has 1 aliphatic rings. The summed E-state index contributed by atoms with van der Waals surface area (Å²) < 4.78 is 6.05. The van der Waals surface area contributed by atoms with Crippen LogP contribution in [0.4, 0.5) is 0 Å². The zero-order valence-electron chi connectivity index (χ0n) is 11.4. The van der Waals surface area contributed by atoms with Gasteiger partial charge in [-0.25, -0.2) is 0 Å². The summed E-state index contributed by atoms with van der Waals surface area (Å²) in [7, 11) is 2.03. The molecule has 1 heterocycles. The van der Waals surface area contributed by atoms with E-state index in [0.717, 1.165) is 24.5 Å². The van der Waals surface area contributed by atoms with Crippen molar-refractivity contribution in [3.05, 3.63) is 41.4 Å². The van der Waals surface area contributed by atoms with Gasteiger partial charge in [-0.3, -0.25) is 4.99 Å². The van der Waals surface area contributed by atoms with Crippen molar-refractivity contribution in [3.8, 4) is 5.75 Å². The normalized spacial score (nSPS) is 16.2. The summed E-state index contributed by atoms with van der Waals surface area (Å²) in [6, 6.07) is 5.81. The van der Waals surface area contributed by atoms with Crippen LogP contribution < -0.4 is 4.74 Å². The molecule has 1 atom stereocenters. The third-order valence-electron chi connectivity index (χ3n) is 3.19. The summed E-state index contributed by atoms with van der Waals surface area (Å²) in [6.07, 6.45) is 2.44. The summed E-state index contributed by atoms with van der Waals surface area (Å²) in [5.74, 6) is 1.67. The molecule has 0 fully saturated rings. The molecule has 1 aliphatic heterocycles. The number of benzene rings is 1. The van der Waals surface area contributed by atoms with Gasteiger partial charge in [0.1, 0.15) is 11.6 Å². The van der Waals surface area contributed by atoms with Gasteiger partial charge in [-0.05, 0) is 18.6 Å². The molecule has 0 aliphatic carbocycles. The summed E-state index contributed by atoms with van der Waals surface area (Å²) >= 11 is 6.28. The van der Waals surface area contributed by atoms with Crippen molar-refractivity contribution in [1.82, 2.24) is 4.90 Å². The summed E-state index contributed by atoms with van der Waals surface area (Å²) in [4.78, 5) is 6.63. The molecule has 3 nitrogen and oxygen atoms in total. The zero-order valence-corrected chi connectivity index (χ0v) is 12.2. The third kappa shape index (κ3) is 3.10. The van der Waals surface area contributed by atoms with Gasteiger partial charge in [-0.2, -0.15) is 0 Å². The minimum Gasteiger partial charge on any atom is -0.481 e. The average Bonchev–Trinajstić information content (AvgIpc) is 2.80. The maximum atomic E-state index is 6.28. The molecular weight excluding hydrogens is 260 g/mol. The van der Waals surface area contributed by atoms with Gasteiger partial charge < -0.3 is 9.64 Å². The molecule has 1 aromatic rings. The number of halogens is 1. The van der Waals surface area contributed by atoms with Gasteiger partial charge >= 0.3 is 0 Å². The van der Waals surface area contributed by atoms with Crippen LogP contribution in [0.2, 0.25) is 5.02 Å². The zero-order chi connectivity index (χ0) is 13.8. The Bertz CT molecular complexity index is 499. The van der Waals surface area contributed by atoms with E-state index in [1.807, 2.05) is 38.2 Å². The van der Waals surface area contributed by atoms with Gasteiger partial charge in [0.05, 0.1) is 11.6 Å². The highest BCUT2D eigenvalue weighted by molar-refractivity contribution is 6.32. The standard InChI is InChI=1S/C15H19ClN2O/c1-4-6-13(15-17-9-10-18(15)3)19-12-8-5-7-11(2)14(12)16/h4-5,7-8,13H,1,6,9-10H2,2-3H3. The summed E-state index contributed by atoms with van der Waals surface area (Å²) in [6.45, 7) is 7.52. The molecule has 2 rings (SSSR count). The molecule has 4 heteroatoms. The number of likely N-dealkylation sites (N-methyl/N-ethyl adjacent to an activating group) is 1. The lowest BCUT2D eigenvalue weighted by Crippen LogP contribution is -2.37.